The average molecular weight is 203 g/mol. The van der Waals surface area contributed by atoms with E-state index in [1.165, 1.54) is 0 Å². The van der Waals surface area contributed by atoms with Crippen LogP contribution in [0.5, 0.6) is 0 Å². The zero-order chi connectivity index (χ0) is 10.8. The molecule has 0 radical (unpaired) electrons. The molecule has 0 aromatic carbocycles. The SMILES string of the molecule is COCC(N)CCCOCCC(C)C. The van der Waals surface area contributed by atoms with E-state index in [9.17, 15) is 0 Å². The summed E-state index contributed by atoms with van der Waals surface area (Å²) >= 11 is 0. The molecule has 1 atom stereocenters. The lowest BCUT2D eigenvalue weighted by atomic mass is 10.1. The molecule has 0 aliphatic carbocycles. The van der Waals surface area contributed by atoms with Crippen LogP contribution in [0, 0.1) is 5.92 Å². The number of nitrogens with two attached hydrogens (primary N) is 1. The highest BCUT2D eigenvalue weighted by atomic mass is 16.5. The van der Waals surface area contributed by atoms with Gasteiger partial charge >= 0.3 is 0 Å². The van der Waals surface area contributed by atoms with Gasteiger partial charge < -0.3 is 15.2 Å². The molecule has 0 rings (SSSR count). The van der Waals surface area contributed by atoms with Gasteiger partial charge in [0, 0.05) is 26.4 Å². The molecule has 0 fully saturated rings. The number of methoxy groups -OCH3 is 1. The van der Waals surface area contributed by atoms with E-state index in [1.54, 1.807) is 7.11 Å². The first kappa shape index (κ1) is 13.9. The Morgan fingerprint density at radius 1 is 1.14 bits per heavy atom. The highest BCUT2D eigenvalue weighted by molar-refractivity contribution is 4.58. The number of hydrogen-bond acceptors (Lipinski definition) is 3. The Hall–Kier alpha value is -0.120. The van der Waals surface area contributed by atoms with Crippen LogP contribution in [0.15, 0.2) is 0 Å². The predicted octanol–water partition coefficient (Wildman–Crippen LogP) is 1.80. The van der Waals surface area contributed by atoms with Crippen molar-refractivity contribution in [2.45, 2.75) is 39.2 Å². The molecule has 3 nitrogen and oxygen atoms in total. The van der Waals surface area contributed by atoms with Gasteiger partial charge in [0.15, 0.2) is 0 Å². The van der Waals surface area contributed by atoms with Crippen LogP contribution in [0.2, 0.25) is 0 Å². The normalized spacial score (nSPS) is 13.5. The minimum Gasteiger partial charge on any atom is -0.383 e. The molecule has 0 aliphatic rings. The first-order chi connectivity index (χ1) is 6.66. The average Bonchev–Trinajstić information content (AvgIpc) is 2.11. The van der Waals surface area contributed by atoms with E-state index in [4.69, 9.17) is 15.2 Å². The summed E-state index contributed by atoms with van der Waals surface area (Å²) in [5.41, 5.74) is 5.77. The molecule has 1 unspecified atom stereocenters. The van der Waals surface area contributed by atoms with Crippen LogP contribution in [-0.4, -0.2) is 33.0 Å². The molecule has 0 heterocycles. The van der Waals surface area contributed by atoms with Gasteiger partial charge in [0.2, 0.25) is 0 Å². The maximum absolute atomic E-state index is 5.77. The van der Waals surface area contributed by atoms with Crippen molar-refractivity contribution in [3.63, 3.8) is 0 Å². The Bertz CT molecular complexity index is 118. The molecule has 0 saturated carbocycles. The molecule has 0 amide bonds. The van der Waals surface area contributed by atoms with Gasteiger partial charge in [-0.25, -0.2) is 0 Å². The van der Waals surface area contributed by atoms with Crippen molar-refractivity contribution >= 4 is 0 Å². The fraction of sp³-hybridized carbons (Fsp3) is 1.00. The van der Waals surface area contributed by atoms with Gasteiger partial charge in [-0.15, -0.1) is 0 Å². The van der Waals surface area contributed by atoms with Crippen LogP contribution in [0.1, 0.15) is 33.1 Å². The van der Waals surface area contributed by atoms with Gasteiger partial charge in [0.05, 0.1) is 6.61 Å². The van der Waals surface area contributed by atoms with Gasteiger partial charge in [0.1, 0.15) is 0 Å². The molecule has 86 valence electrons. The summed E-state index contributed by atoms with van der Waals surface area (Å²) in [5.74, 6) is 0.728. The summed E-state index contributed by atoms with van der Waals surface area (Å²) in [6.07, 6.45) is 3.16. The third-order valence-corrected chi connectivity index (χ3v) is 2.08. The first-order valence-electron chi connectivity index (χ1n) is 5.49. The molecular formula is C11H25NO2. The Morgan fingerprint density at radius 3 is 2.43 bits per heavy atom. The summed E-state index contributed by atoms with van der Waals surface area (Å²) < 4.78 is 10.4. The summed E-state index contributed by atoms with van der Waals surface area (Å²) in [4.78, 5) is 0. The van der Waals surface area contributed by atoms with Crippen LogP contribution in [0.3, 0.4) is 0 Å². The fourth-order valence-electron chi connectivity index (χ4n) is 1.17. The van der Waals surface area contributed by atoms with E-state index < -0.39 is 0 Å². The second kappa shape index (κ2) is 9.44. The lowest BCUT2D eigenvalue weighted by Crippen LogP contribution is -2.25. The summed E-state index contributed by atoms with van der Waals surface area (Å²) in [7, 11) is 1.68. The Kier molecular flexibility index (Phi) is 9.35. The largest absolute Gasteiger partial charge is 0.383 e. The predicted molar refractivity (Wildman–Crippen MR) is 59.4 cm³/mol. The van der Waals surface area contributed by atoms with E-state index >= 15 is 0 Å². The zero-order valence-corrected chi connectivity index (χ0v) is 9.79. The quantitative estimate of drug-likeness (QED) is 0.581. The van der Waals surface area contributed by atoms with E-state index in [0.29, 0.717) is 6.61 Å². The lowest BCUT2D eigenvalue weighted by molar-refractivity contribution is 0.114. The Labute approximate surface area is 88.0 Å². The third kappa shape index (κ3) is 9.96. The van der Waals surface area contributed by atoms with Crippen LogP contribution in [-0.2, 0) is 9.47 Å². The second-order valence-electron chi connectivity index (χ2n) is 4.15. The van der Waals surface area contributed by atoms with Gasteiger partial charge in [-0.2, -0.15) is 0 Å². The van der Waals surface area contributed by atoms with Crippen LogP contribution in [0.25, 0.3) is 0 Å². The van der Waals surface area contributed by atoms with Gasteiger partial charge in [0.25, 0.3) is 0 Å². The van der Waals surface area contributed by atoms with E-state index in [1.807, 2.05) is 0 Å². The van der Waals surface area contributed by atoms with Crippen molar-refractivity contribution in [1.82, 2.24) is 0 Å². The maximum atomic E-state index is 5.77. The monoisotopic (exact) mass is 203 g/mol. The minimum atomic E-state index is 0.161. The molecule has 0 saturated heterocycles. The lowest BCUT2D eigenvalue weighted by Gasteiger charge is -2.10. The Morgan fingerprint density at radius 2 is 1.86 bits per heavy atom. The van der Waals surface area contributed by atoms with Crippen molar-refractivity contribution in [1.29, 1.82) is 0 Å². The summed E-state index contributed by atoms with van der Waals surface area (Å²) in [5, 5.41) is 0. The maximum Gasteiger partial charge on any atom is 0.0613 e. The van der Waals surface area contributed by atoms with Crippen LogP contribution in [0.4, 0.5) is 0 Å². The number of hydrogen-bond donors (Lipinski definition) is 1. The summed E-state index contributed by atoms with van der Waals surface area (Å²) in [6.45, 7) is 6.75. The van der Waals surface area contributed by atoms with Gasteiger partial charge in [-0.3, -0.25) is 0 Å². The molecule has 0 bridgehead atoms. The van der Waals surface area contributed by atoms with Crippen LogP contribution >= 0.6 is 0 Å². The van der Waals surface area contributed by atoms with Crippen molar-refractivity contribution in [2.75, 3.05) is 26.9 Å². The first-order valence-corrected chi connectivity index (χ1v) is 5.49. The molecule has 0 spiro atoms. The molecule has 0 aliphatic heterocycles. The molecule has 3 heteroatoms. The number of rotatable bonds is 9. The van der Waals surface area contributed by atoms with Crippen molar-refractivity contribution in [3.05, 3.63) is 0 Å². The topological polar surface area (TPSA) is 44.5 Å². The molecule has 0 aromatic rings. The zero-order valence-electron chi connectivity index (χ0n) is 9.79. The molecule has 14 heavy (non-hydrogen) atoms. The highest BCUT2D eigenvalue weighted by Gasteiger charge is 2.01. The second-order valence-corrected chi connectivity index (χ2v) is 4.15. The Balaban J connectivity index is 3.05. The smallest absolute Gasteiger partial charge is 0.0613 e. The fourth-order valence-corrected chi connectivity index (χ4v) is 1.17. The van der Waals surface area contributed by atoms with E-state index in [2.05, 4.69) is 13.8 Å². The van der Waals surface area contributed by atoms with Gasteiger partial charge in [-0.1, -0.05) is 13.8 Å². The molecule has 0 aromatic heterocycles. The van der Waals surface area contributed by atoms with Gasteiger partial charge in [-0.05, 0) is 25.2 Å². The number of ether oxygens (including phenoxy) is 2. The van der Waals surface area contributed by atoms with E-state index in [0.717, 1.165) is 38.4 Å². The minimum absolute atomic E-state index is 0.161. The highest BCUT2D eigenvalue weighted by Crippen LogP contribution is 2.00. The van der Waals surface area contributed by atoms with Crippen molar-refractivity contribution < 1.29 is 9.47 Å². The summed E-state index contributed by atoms with van der Waals surface area (Å²) in [6, 6.07) is 0.161. The third-order valence-electron chi connectivity index (χ3n) is 2.08. The molecular weight excluding hydrogens is 178 g/mol. The molecule has 2 N–H and O–H groups in total. The van der Waals surface area contributed by atoms with Crippen molar-refractivity contribution in [3.8, 4) is 0 Å². The van der Waals surface area contributed by atoms with Crippen LogP contribution < -0.4 is 5.73 Å². The standard InChI is InChI=1S/C11H25NO2/c1-10(2)6-8-14-7-4-5-11(12)9-13-3/h10-11H,4-9,12H2,1-3H3. The van der Waals surface area contributed by atoms with Crippen molar-refractivity contribution in [2.24, 2.45) is 11.7 Å². The van der Waals surface area contributed by atoms with E-state index in [-0.39, 0.29) is 6.04 Å².